The molecule has 0 saturated heterocycles. The highest BCUT2D eigenvalue weighted by atomic mass is 35.5. The van der Waals surface area contributed by atoms with Gasteiger partial charge in [0.15, 0.2) is 0 Å². The summed E-state index contributed by atoms with van der Waals surface area (Å²) in [6.45, 7) is 1.77. The molecule has 0 saturated carbocycles. The van der Waals surface area contributed by atoms with Gasteiger partial charge in [-0.05, 0) is 49.1 Å². The molecule has 1 amide bonds. The third-order valence-corrected chi connectivity index (χ3v) is 7.95. The number of amides is 1. The number of fused-ring (bicyclic) bond motifs is 2. The highest BCUT2D eigenvalue weighted by Crippen LogP contribution is 2.38. The summed E-state index contributed by atoms with van der Waals surface area (Å²) >= 11 is 7.03. The molecule has 1 aromatic carbocycles. The molecule has 2 aliphatic rings. The summed E-state index contributed by atoms with van der Waals surface area (Å²) in [7, 11) is -3.47. The van der Waals surface area contributed by atoms with Crippen molar-refractivity contribution in [3.05, 3.63) is 50.9 Å². The molecule has 0 fully saturated rings. The lowest BCUT2D eigenvalue weighted by atomic mass is 10.1. The van der Waals surface area contributed by atoms with Crippen LogP contribution in [-0.4, -0.2) is 14.3 Å². The first-order chi connectivity index (χ1) is 11.3. The van der Waals surface area contributed by atoms with Crippen LogP contribution in [0.15, 0.2) is 28.5 Å². The molecule has 24 heavy (non-hydrogen) atoms. The lowest BCUT2D eigenvalue weighted by Crippen LogP contribution is -2.26. The minimum absolute atomic E-state index is 0.0612. The van der Waals surface area contributed by atoms with E-state index in [0.29, 0.717) is 15.5 Å². The van der Waals surface area contributed by atoms with Crippen LogP contribution in [0, 0.1) is 0 Å². The summed E-state index contributed by atoms with van der Waals surface area (Å²) in [4.78, 5) is 13.0. The largest absolute Gasteiger partial charge is 0.345 e. The standard InChI is InChI=1S/C16H15ClN2O3S2/c1-8-12-7-14(23-16(12)24(21,22)19-8)15(20)18-13-5-2-9-6-10(17)3-4-11(9)13/h3-4,6-8,13,19H,2,5H2,1H3,(H,18,20)/t8-,13?/m1/s1. The van der Waals surface area contributed by atoms with Crippen molar-refractivity contribution in [2.45, 2.75) is 36.1 Å². The molecule has 0 bridgehead atoms. The average molecular weight is 383 g/mol. The summed E-state index contributed by atoms with van der Waals surface area (Å²) < 4.78 is 26.8. The van der Waals surface area contributed by atoms with E-state index in [2.05, 4.69) is 10.0 Å². The number of carbonyl (C=O) groups excluding carboxylic acids is 1. The van der Waals surface area contributed by atoms with Gasteiger partial charge in [-0.2, -0.15) is 0 Å². The van der Waals surface area contributed by atoms with Gasteiger partial charge in [0, 0.05) is 16.6 Å². The highest BCUT2D eigenvalue weighted by molar-refractivity contribution is 7.92. The molecule has 0 spiro atoms. The van der Waals surface area contributed by atoms with Crippen molar-refractivity contribution in [3.8, 4) is 0 Å². The number of rotatable bonds is 2. The van der Waals surface area contributed by atoms with E-state index in [1.165, 1.54) is 0 Å². The van der Waals surface area contributed by atoms with E-state index in [1.54, 1.807) is 13.0 Å². The summed E-state index contributed by atoms with van der Waals surface area (Å²) in [5.74, 6) is -0.232. The Morgan fingerprint density at radius 2 is 2.12 bits per heavy atom. The maximum absolute atomic E-state index is 12.6. The number of halogens is 1. The molecular formula is C16H15ClN2O3S2. The van der Waals surface area contributed by atoms with Crippen molar-refractivity contribution in [3.63, 3.8) is 0 Å². The SMILES string of the molecule is C[C@H]1NS(=O)(=O)c2sc(C(=O)NC3CCc4cc(Cl)ccc43)cc21. The Bertz CT molecular complexity index is 952. The molecule has 0 radical (unpaired) electrons. The number of hydrogen-bond donors (Lipinski definition) is 2. The number of nitrogens with one attached hydrogen (secondary N) is 2. The first-order valence-electron chi connectivity index (χ1n) is 7.60. The second-order valence-corrected chi connectivity index (χ2v) is 9.50. The van der Waals surface area contributed by atoms with E-state index in [1.807, 2.05) is 18.2 Å². The van der Waals surface area contributed by atoms with Crippen LogP contribution in [0.2, 0.25) is 5.02 Å². The van der Waals surface area contributed by atoms with E-state index in [-0.39, 0.29) is 22.2 Å². The van der Waals surface area contributed by atoms with Crippen LogP contribution in [0.5, 0.6) is 0 Å². The molecule has 2 N–H and O–H groups in total. The van der Waals surface area contributed by atoms with E-state index < -0.39 is 10.0 Å². The third kappa shape index (κ3) is 2.56. The average Bonchev–Trinajstić information content (AvgIpc) is 3.16. The maximum atomic E-state index is 12.6. The molecule has 1 aliphatic carbocycles. The van der Waals surface area contributed by atoms with Crippen LogP contribution in [-0.2, 0) is 16.4 Å². The molecule has 2 atom stereocenters. The first-order valence-corrected chi connectivity index (χ1v) is 10.3. The van der Waals surface area contributed by atoms with Crippen LogP contribution < -0.4 is 10.0 Å². The Morgan fingerprint density at radius 3 is 2.88 bits per heavy atom. The van der Waals surface area contributed by atoms with Gasteiger partial charge in [0.2, 0.25) is 0 Å². The molecule has 1 aliphatic heterocycles. The van der Waals surface area contributed by atoms with Gasteiger partial charge in [0.1, 0.15) is 4.21 Å². The van der Waals surface area contributed by atoms with Gasteiger partial charge < -0.3 is 5.32 Å². The highest BCUT2D eigenvalue weighted by Gasteiger charge is 2.35. The van der Waals surface area contributed by atoms with Crippen molar-refractivity contribution < 1.29 is 13.2 Å². The zero-order valence-electron chi connectivity index (χ0n) is 12.8. The molecular weight excluding hydrogens is 368 g/mol. The topological polar surface area (TPSA) is 75.3 Å². The number of aryl methyl sites for hydroxylation is 1. The third-order valence-electron chi connectivity index (χ3n) is 4.48. The van der Waals surface area contributed by atoms with Gasteiger partial charge in [-0.3, -0.25) is 4.79 Å². The van der Waals surface area contributed by atoms with Gasteiger partial charge in [-0.1, -0.05) is 17.7 Å². The van der Waals surface area contributed by atoms with Gasteiger partial charge >= 0.3 is 0 Å². The predicted molar refractivity (Wildman–Crippen MR) is 93.0 cm³/mol. The first kappa shape index (κ1) is 16.1. The fourth-order valence-electron chi connectivity index (χ4n) is 3.33. The fraction of sp³-hybridized carbons (Fsp3) is 0.312. The van der Waals surface area contributed by atoms with E-state index in [9.17, 15) is 13.2 Å². The lowest BCUT2D eigenvalue weighted by Gasteiger charge is -2.13. The minimum Gasteiger partial charge on any atom is -0.345 e. The van der Waals surface area contributed by atoms with Crippen molar-refractivity contribution >= 4 is 38.9 Å². The molecule has 2 aromatic rings. The Kier molecular flexibility index (Phi) is 3.72. The number of thiophene rings is 1. The summed E-state index contributed by atoms with van der Waals surface area (Å²) in [6, 6.07) is 7.02. The van der Waals surface area contributed by atoms with Gasteiger partial charge in [0.05, 0.1) is 10.9 Å². The second-order valence-electron chi connectivity index (χ2n) is 6.10. The smallest absolute Gasteiger partial charge is 0.261 e. The summed E-state index contributed by atoms with van der Waals surface area (Å²) in [5, 5.41) is 3.71. The molecule has 1 aromatic heterocycles. The van der Waals surface area contributed by atoms with Crippen molar-refractivity contribution in [1.29, 1.82) is 0 Å². The number of carbonyl (C=O) groups is 1. The monoisotopic (exact) mass is 382 g/mol. The number of benzene rings is 1. The number of sulfonamides is 1. The summed E-state index contributed by atoms with van der Waals surface area (Å²) in [6.07, 6.45) is 1.69. The van der Waals surface area contributed by atoms with Crippen LogP contribution in [0.3, 0.4) is 0 Å². The Labute approximate surface area is 149 Å². The Balaban J connectivity index is 1.58. The zero-order chi connectivity index (χ0) is 17.1. The van der Waals surface area contributed by atoms with E-state index in [4.69, 9.17) is 11.6 Å². The summed E-state index contributed by atoms with van der Waals surface area (Å²) in [5.41, 5.74) is 2.91. The quantitative estimate of drug-likeness (QED) is 0.837. The predicted octanol–water partition coefficient (Wildman–Crippen LogP) is 3.17. The van der Waals surface area contributed by atoms with E-state index >= 15 is 0 Å². The van der Waals surface area contributed by atoms with Crippen LogP contribution in [0.25, 0.3) is 0 Å². The molecule has 8 heteroatoms. The normalized spacial score (nSPS) is 23.8. The Morgan fingerprint density at radius 1 is 1.33 bits per heavy atom. The zero-order valence-corrected chi connectivity index (χ0v) is 15.2. The van der Waals surface area contributed by atoms with Crippen LogP contribution in [0.4, 0.5) is 0 Å². The van der Waals surface area contributed by atoms with Crippen molar-refractivity contribution in [2.24, 2.45) is 0 Å². The molecule has 5 nitrogen and oxygen atoms in total. The molecule has 4 rings (SSSR count). The number of hydrogen-bond acceptors (Lipinski definition) is 4. The second kappa shape index (κ2) is 5.56. The fourth-order valence-corrected chi connectivity index (χ4v) is 6.51. The molecule has 2 heterocycles. The molecule has 1 unspecified atom stereocenters. The van der Waals surface area contributed by atoms with Crippen molar-refractivity contribution in [1.82, 2.24) is 10.0 Å². The Hall–Kier alpha value is -1.41. The van der Waals surface area contributed by atoms with Gasteiger partial charge in [-0.15, -0.1) is 11.3 Å². The van der Waals surface area contributed by atoms with Crippen LogP contribution >= 0.6 is 22.9 Å². The molecule has 126 valence electrons. The van der Waals surface area contributed by atoms with Crippen molar-refractivity contribution in [2.75, 3.05) is 0 Å². The lowest BCUT2D eigenvalue weighted by molar-refractivity contribution is 0.0941. The minimum atomic E-state index is -3.47. The van der Waals surface area contributed by atoms with E-state index in [0.717, 1.165) is 35.3 Å². The van der Waals surface area contributed by atoms with Gasteiger partial charge in [0.25, 0.3) is 15.9 Å². The maximum Gasteiger partial charge on any atom is 0.261 e. The van der Waals surface area contributed by atoms with Crippen LogP contribution in [0.1, 0.15) is 51.8 Å². The van der Waals surface area contributed by atoms with Gasteiger partial charge in [-0.25, -0.2) is 13.1 Å².